The van der Waals surface area contributed by atoms with E-state index in [9.17, 15) is 13.2 Å². The topological polar surface area (TPSA) is 18.5 Å². The van der Waals surface area contributed by atoms with Gasteiger partial charge in [0.2, 0.25) is 0 Å². The normalized spacial score (nSPS) is 16.4. The summed E-state index contributed by atoms with van der Waals surface area (Å²) in [5, 5.41) is 2.07. The Bertz CT molecular complexity index is 969. The molecule has 1 aliphatic rings. The maximum Gasteiger partial charge on any atom is 0.161 e. The van der Waals surface area contributed by atoms with Crippen molar-refractivity contribution in [2.75, 3.05) is 7.11 Å². The number of fused-ring (bicyclic) bond motifs is 3. The zero-order valence-electron chi connectivity index (χ0n) is 13.5. The first-order valence-electron chi connectivity index (χ1n) is 7.97. The minimum Gasteiger partial charge on any atom is -0.497 e. The van der Waals surface area contributed by atoms with E-state index in [0.717, 1.165) is 28.2 Å². The first-order valence-corrected chi connectivity index (χ1v) is 7.97. The second kappa shape index (κ2) is 5.99. The molecule has 2 nitrogen and oxygen atoms in total. The fourth-order valence-corrected chi connectivity index (χ4v) is 3.34. The average molecular weight is 344 g/mol. The predicted octanol–water partition coefficient (Wildman–Crippen LogP) is 5.33. The first-order chi connectivity index (χ1) is 12.1. The Balaban J connectivity index is 1.72. The Hall–Kier alpha value is -2.69. The number of hydrogen-bond acceptors (Lipinski definition) is 2. The lowest BCUT2D eigenvalue weighted by Gasteiger charge is -2.27. The molecule has 1 atom stereocenters. The summed E-state index contributed by atoms with van der Waals surface area (Å²) < 4.78 is 51.8. The van der Waals surface area contributed by atoms with Gasteiger partial charge in [0.15, 0.2) is 11.6 Å². The number of methoxy groups -OCH3 is 1. The molecule has 3 aromatic rings. The average Bonchev–Trinajstić information content (AvgIpc) is 2.63. The minimum absolute atomic E-state index is 0.0411. The van der Waals surface area contributed by atoms with E-state index < -0.39 is 23.6 Å². The second-order valence-electron chi connectivity index (χ2n) is 6.06. The van der Waals surface area contributed by atoms with Gasteiger partial charge in [-0.15, -0.1) is 0 Å². The van der Waals surface area contributed by atoms with Crippen LogP contribution in [-0.2, 0) is 6.42 Å². The van der Waals surface area contributed by atoms with E-state index in [4.69, 9.17) is 9.47 Å². The Kier molecular flexibility index (Phi) is 3.79. The standard InChI is InChI=1S/C20H15F3O2/c1-24-12-3-4-13-11(8-12)2-6-19-14(13)5-7-20(25-19)15-9-17(22)18(23)10-16(15)21/h2-4,6,8-10,20H,5,7H2,1H3. The second-order valence-corrected chi connectivity index (χ2v) is 6.06. The maximum atomic E-state index is 14.0. The molecule has 0 N–H and O–H groups in total. The van der Waals surface area contributed by atoms with Gasteiger partial charge in [-0.3, -0.25) is 0 Å². The van der Waals surface area contributed by atoms with Crippen LogP contribution in [0.5, 0.6) is 11.5 Å². The highest BCUT2D eigenvalue weighted by Crippen LogP contribution is 2.40. The van der Waals surface area contributed by atoms with Crippen molar-refractivity contribution in [2.45, 2.75) is 18.9 Å². The number of rotatable bonds is 2. The number of ether oxygens (including phenoxy) is 2. The van der Waals surface area contributed by atoms with Crippen LogP contribution in [-0.4, -0.2) is 7.11 Å². The summed E-state index contributed by atoms with van der Waals surface area (Å²) in [5.74, 6) is -1.66. The number of hydrogen-bond donors (Lipinski definition) is 0. The van der Waals surface area contributed by atoms with Crippen LogP contribution in [0.2, 0.25) is 0 Å². The van der Waals surface area contributed by atoms with Gasteiger partial charge in [-0.05, 0) is 47.9 Å². The van der Waals surface area contributed by atoms with Crippen molar-refractivity contribution in [3.63, 3.8) is 0 Å². The molecule has 0 saturated heterocycles. The molecule has 0 fully saturated rings. The highest BCUT2D eigenvalue weighted by molar-refractivity contribution is 5.89. The van der Waals surface area contributed by atoms with Crippen molar-refractivity contribution < 1.29 is 22.6 Å². The Morgan fingerprint density at radius 2 is 1.76 bits per heavy atom. The fraction of sp³-hybridized carbons (Fsp3) is 0.200. The highest BCUT2D eigenvalue weighted by Gasteiger charge is 2.26. The van der Waals surface area contributed by atoms with Crippen molar-refractivity contribution in [1.29, 1.82) is 0 Å². The number of halogens is 3. The smallest absolute Gasteiger partial charge is 0.161 e. The number of aryl methyl sites for hydroxylation is 1. The van der Waals surface area contributed by atoms with Crippen LogP contribution in [0.25, 0.3) is 10.8 Å². The van der Waals surface area contributed by atoms with E-state index in [1.165, 1.54) is 0 Å². The van der Waals surface area contributed by atoms with Crippen molar-refractivity contribution in [3.05, 3.63) is 71.0 Å². The van der Waals surface area contributed by atoms with Crippen molar-refractivity contribution >= 4 is 10.8 Å². The molecule has 1 heterocycles. The quantitative estimate of drug-likeness (QED) is 0.585. The monoisotopic (exact) mass is 344 g/mol. The zero-order chi connectivity index (χ0) is 17.6. The molecule has 0 saturated carbocycles. The molecule has 128 valence electrons. The van der Waals surface area contributed by atoms with Crippen molar-refractivity contribution in [3.8, 4) is 11.5 Å². The van der Waals surface area contributed by atoms with Gasteiger partial charge in [0.05, 0.1) is 7.11 Å². The minimum atomic E-state index is -1.20. The third kappa shape index (κ3) is 2.69. The van der Waals surface area contributed by atoms with Gasteiger partial charge < -0.3 is 9.47 Å². The maximum absolute atomic E-state index is 14.0. The van der Waals surface area contributed by atoms with Gasteiger partial charge in [0.1, 0.15) is 23.4 Å². The van der Waals surface area contributed by atoms with Crippen molar-refractivity contribution in [1.82, 2.24) is 0 Å². The van der Waals surface area contributed by atoms with Gasteiger partial charge in [-0.2, -0.15) is 0 Å². The molecule has 0 aliphatic carbocycles. The summed E-state index contributed by atoms with van der Waals surface area (Å²) in [6, 6.07) is 11.0. The molecular formula is C20H15F3O2. The van der Waals surface area contributed by atoms with Crippen LogP contribution >= 0.6 is 0 Å². The van der Waals surface area contributed by atoms with Crippen LogP contribution < -0.4 is 9.47 Å². The molecule has 0 amide bonds. The molecule has 1 unspecified atom stereocenters. The predicted molar refractivity (Wildman–Crippen MR) is 88.5 cm³/mol. The molecule has 0 spiro atoms. The van der Waals surface area contributed by atoms with E-state index in [1.54, 1.807) is 7.11 Å². The lowest BCUT2D eigenvalue weighted by molar-refractivity contribution is 0.172. The van der Waals surface area contributed by atoms with E-state index >= 15 is 0 Å². The SMILES string of the molecule is COc1ccc2c3c(ccc2c1)OC(c1cc(F)c(F)cc1F)CC3. The van der Waals surface area contributed by atoms with Crippen LogP contribution in [0.1, 0.15) is 23.7 Å². The lowest BCUT2D eigenvalue weighted by atomic mass is 9.93. The van der Waals surface area contributed by atoms with Crippen LogP contribution in [0.4, 0.5) is 13.2 Å². The first kappa shape index (κ1) is 15.8. The van der Waals surface area contributed by atoms with E-state index in [2.05, 4.69) is 0 Å². The zero-order valence-corrected chi connectivity index (χ0v) is 13.5. The van der Waals surface area contributed by atoms with Crippen LogP contribution in [0, 0.1) is 17.5 Å². The van der Waals surface area contributed by atoms with Gasteiger partial charge in [0, 0.05) is 17.2 Å². The van der Waals surface area contributed by atoms with E-state index in [-0.39, 0.29) is 5.56 Å². The Morgan fingerprint density at radius 3 is 2.56 bits per heavy atom. The fourth-order valence-electron chi connectivity index (χ4n) is 3.34. The molecule has 25 heavy (non-hydrogen) atoms. The van der Waals surface area contributed by atoms with Gasteiger partial charge in [0.25, 0.3) is 0 Å². The van der Waals surface area contributed by atoms with E-state index in [1.807, 2.05) is 30.3 Å². The van der Waals surface area contributed by atoms with Crippen molar-refractivity contribution in [2.24, 2.45) is 0 Å². The summed E-state index contributed by atoms with van der Waals surface area (Å²) in [4.78, 5) is 0. The Morgan fingerprint density at radius 1 is 0.960 bits per heavy atom. The molecule has 1 aliphatic heterocycles. The van der Waals surface area contributed by atoms with Crippen LogP contribution in [0.3, 0.4) is 0 Å². The Labute approximate surface area is 142 Å². The van der Waals surface area contributed by atoms with Gasteiger partial charge in [-0.25, -0.2) is 13.2 Å². The third-order valence-electron chi connectivity index (χ3n) is 4.61. The van der Waals surface area contributed by atoms with E-state index in [0.29, 0.717) is 24.7 Å². The summed E-state index contributed by atoms with van der Waals surface area (Å²) in [7, 11) is 1.61. The summed E-state index contributed by atoms with van der Waals surface area (Å²) >= 11 is 0. The van der Waals surface area contributed by atoms with Gasteiger partial charge >= 0.3 is 0 Å². The third-order valence-corrected chi connectivity index (χ3v) is 4.61. The molecule has 0 radical (unpaired) electrons. The molecule has 0 aromatic heterocycles. The molecule has 0 bridgehead atoms. The number of benzene rings is 3. The molecule has 4 rings (SSSR count). The lowest BCUT2D eigenvalue weighted by Crippen LogP contribution is -2.17. The largest absolute Gasteiger partial charge is 0.497 e. The summed E-state index contributed by atoms with van der Waals surface area (Å²) in [6.45, 7) is 0. The summed E-state index contributed by atoms with van der Waals surface area (Å²) in [5.41, 5.74) is 1.07. The molecular weight excluding hydrogens is 329 g/mol. The molecule has 5 heteroatoms. The highest BCUT2D eigenvalue weighted by atomic mass is 19.2. The molecule has 3 aromatic carbocycles. The summed E-state index contributed by atoms with van der Waals surface area (Å²) in [6.07, 6.45) is 0.501. The van der Waals surface area contributed by atoms with Crippen LogP contribution in [0.15, 0.2) is 42.5 Å². The van der Waals surface area contributed by atoms with Gasteiger partial charge in [-0.1, -0.05) is 12.1 Å².